The first-order chi connectivity index (χ1) is 17.0. The fraction of sp³-hybridized carbons (Fsp3) is 0.333. The minimum absolute atomic E-state index is 0.213. The van der Waals surface area contributed by atoms with Crippen LogP contribution in [0.1, 0.15) is 66.7 Å². The van der Waals surface area contributed by atoms with Crippen LogP contribution in [0.15, 0.2) is 55.0 Å². The number of amides is 1. The fourth-order valence-electron chi connectivity index (χ4n) is 4.87. The van der Waals surface area contributed by atoms with Gasteiger partial charge in [-0.1, -0.05) is 25.5 Å². The van der Waals surface area contributed by atoms with Crippen LogP contribution in [0.25, 0.3) is 16.8 Å². The summed E-state index contributed by atoms with van der Waals surface area (Å²) in [6.45, 7) is 2.12. The summed E-state index contributed by atoms with van der Waals surface area (Å²) >= 11 is 0. The molecule has 4 N–H and O–H groups in total. The predicted molar refractivity (Wildman–Crippen MR) is 136 cm³/mol. The van der Waals surface area contributed by atoms with Crippen LogP contribution in [0.3, 0.4) is 0 Å². The number of nitrogens with zero attached hydrogens (tertiary/aromatic N) is 4. The summed E-state index contributed by atoms with van der Waals surface area (Å²) in [5.41, 5.74) is 10.3. The van der Waals surface area contributed by atoms with E-state index in [4.69, 9.17) is 10.7 Å². The number of aliphatic hydroxyl groups is 1. The third-order valence-electron chi connectivity index (χ3n) is 6.70. The van der Waals surface area contributed by atoms with Gasteiger partial charge in [-0.05, 0) is 61.9 Å². The van der Waals surface area contributed by atoms with Crippen molar-refractivity contribution in [2.75, 3.05) is 11.1 Å². The number of anilines is 2. The molecule has 0 atom stereocenters. The Morgan fingerprint density at radius 3 is 2.63 bits per heavy atom. The number of carbonyl (C=O) groups excluding carboxylic acids is 1. The molecule has 1 aliphatic carbocycles. The van der Waals surface area contributed by atoms with E-state index in [1.54, 1.807) is 24.5 Å². The van der Waals surface area contributed by atoms with Gasteiger partial charge in [-0.2, -0.15) is 0 Å². The lowest BCUT2D eigenvalue weighted by atomic mass is 9.87. The molecule has 4 aromatic rings. The summed E-state index contributed by atoms with van der Waals surface area (Å²) in [5.74, 6) is 1.94. The molecule has 180 valence electrons. The van der Waals surface area contributed by atoms with Crippen LogP contribution in [0, 0.1) is 0 Å². The van der Waals surface area contributed by atoms with E-state index in [-0.39, 0.29) is 17.9 Å². The van der Waals surface area contributed by atoms with Gasteiger partial charge in [-0.15, -0.1) is 0 Å². The van der Waals surface area contributed by atoms with Gasteiger partial charge in [0, 0.05) is 35.6 Å². The van der Waals surface area contributed by atoms with Crippen molar-refractivity contribution >= 4 is 23.1 Å². The first-order valence-electron chi connectivity index (χ1n) is 12.2. The number of hydrogen-bond acceptors (Lipinski definition) is 6. The Morgan fingerprint density at radius 2 is 1.89 bits per heavy atom. The van der Waals surface area contributed by atoms with Gasteiger partial charge in [0.2, 0.25) is 0 Å². The van der Waals surface area contributed by atoms with E-state index in [0.29, 0.717) is 17.2 Å². The van der Waals surface area contributed by atoms with Gasteiger partial charge in [0.25, 0.3) is 5.91 Å². The Kier molecular flexibility index (Phi) is 6.46. The number of hydrogen-bond donors (Lipinski definition) is 3. The van der Waals surface area contributed by atoms with Crippen LogP contribution in [-0.4, -0.2) is 36.5 Å². The van der Waals surface area contributed by atoms with Crippen LogP contribution in [0.2, 0.25) is 0 Å². The second-order valence-electron chi connectivity index (χ2n) is 9.19. The maximum absolute atomic E-state index is 12.8. The summed E-state index contributed by atoms with van der Waals surface area (Å²) in [4.78, 5) is 26.4. The molecule has 1 aromatic carbocycles. The fourth-order valence-corrected chi connectivity index (χ4v) is 4.87. The smallest absolute Gasteiger partial charge is 0.256 e. The van der Waals surface area contributed by atoms with Crippen LogP contribution in [0.5, 0.6) is 0 Å². The number of pyridine rings is 1. The highest BCUT2D eigenvalue weighted by Gasteiger charge is 2.26. The van der Waals surface area contributed by atoms with Gasteiger partial charge >= 0.3 is 0 Å². The number of nitrogens with two attached hydrogens (primary N) is 1. The van der Waals surface area contributed by atoms with Crippen molar-refractivity contribution in [3.05, 3.63) is 71.9 Å². The van der Waals surface area contributed by atoms with Gasteiger partial charge in [0.1, 0.15) is 28.7 Å². The number of imidazole rings is 1. The average molecular weight is 471 g/mol. The normalized spacial score (nSPS) is 18.0. The number of fused-ring (bicyclic) bond motifs is 1. The molecule has 1 amide bonds. The van der Waals surface area contributed by atoms with Crippen LogP contribution in [-0.2, 0) is 6.42 Å². The Hall–Kier alpha value is -3.78. The summed E-state index contributed by atoms with van der Waals surface area (Å²) in [6, 6.07) is 11.2. The third-order valence-corrected chi connectivity index (χ3v) is 6.70. The van der Waals surface area contributed by atoms with E-state index in [9.17, 15) is 9.90 Å². The summed E-state index contributed by atoms with van der Waals surface area (Å²) < 4.78 is 2.02. The maximum atomic E-state index is 12.8. The van der Waals surface area contributed by atoms with Gasteiger partial charge in [0.05, 0.1) is 6.10 Å². The molecule has 0 radical (unpaired) electrons. The predicted octanol–water partition coefficient (Wildman–Crippen LogP) is 4.60. The van der Waals surface area contributed by atoms with E-state index in [1.807, 2.05) is 34.9 Å². The molecule has 35 heavy (non-hydrogen) atoms. The number of carbonyl (C=O) groups is 1. The molecule has 0 saturated heterocycles. The summed E-state index contributed by atoms with van der Waals surface area (Å²) in [6.07, 6.45) is 10.4. The highest BCUT2D eigenvalue weighted by atomic mass is 16.3. The molecule has 1 aliphatic rings. The molecule has 8 heteroatoms. The first-order valence-corrected chi connectivity index (χ1v) is 12.2. The molecule has 0 unspecified atom stereocenters. The number of aromatic nitrogens is 4. The zero-order chi connectivity index (χ0) is 24.4. The molecule has 0 aliphatic heterocycles. The Labute approximate surface area is 204 Å². The molecule has 0 spiro atoms. The zero-order valence-electron chi connectivity index (χ0n) is 19.8. The molecular formula is C27H30N6O2. The van der Waals surface area contributed by atoms with Crippen LogP contribution in [0.4, 0.5) is 11.6 Å². The minimum atomic E-state index is -0.230. The summed E-state index contributed by atoms with van der Waals surface area (Å²) in [7, 11) is 0. The van der Waals surface area contributed by atoms with Gasteiger partial charge in [-0.25, -0.2) is 15.0 Å². The van der Waals surface area contributed by atoms with Gasteiger partial charge in [0.15, 0.2) is 0 Å². The third kappa shape index (κ3) is 4.74. The number of rotatable bonds is 6. The Balaban J connectivity index is 1.42. The van der Waals surface area contributed by atoms with Crippen molar-refractivity contribution in [3.8, 4) is 11.3 Å². The Morgan fingerprint density at radius 1 is 1.11 bits per heavy atom. The monoisotopic (exact) mass is 470 g/mol. The molecule has 1 saturated carbocycles. The van der Waals surface area contributed by atoms with Crippen LogP contribution >= 0.6 is 0 Å². The highest BCUT2D eigenvalue weighted by Crippen LogP contribution is 2.36. The number of benzene rings is 1. The van der Waals surface area contributed by atoms with E-state index in [1.165, 1.54) is 0 Å². The molecule has 5 rings (SSSR count). The molecule has 1 fully saturated rings. The molecule has 0 bridgehead atoms. The second kappa shape index (κ2) is 9.84. The lowest BCUT2D eigenvalue weighted by Gasteiger charge is -2.24. The SMILES string of the molecule is CCCc1ccnc(NC(=O)c2ccc(-c3nc(C4CCC(O)CC4)n4ccnc(N)c34)cc2)c1. The van der Waals surface area contributed by atoms with E-state index < -0.39 is 0 Å². The van der Waals surface area contributed by atoms with E-state index in [0.717, 1.165) is 66.7 Å². The van der Waals surface area contributed by atoms with Crippen molar-refractivity contribution in [1.29, 1.82) is 0 Å². The lowest BCUT2D eigenvalue weighted by Crippen LogP contribution is -2.18. The number of aryl methyl sites for hydroxylation is 1. The minimum Gasteiger partial charge on any atom is -0.393 e. The average Bonchev–Trinajstić information content (AvgIpc) is 3.26. The van der Waals surface area contributed by atoms with E-state index in [2.05, 4.69) is 22.2 Å². The first kappa shape index (κ1) is 23.0. The van der Waals surface area contributed by atoms with Gasteiger partial charge < -0.3 is 16.2 Å². The van der Waals surface area contributed by atoms with E-state index >= 15 is 0 Å². The topological polar surface area (TPSA) is 118 Å². The van der Waals surface area contributed by atoms with Crippen molar-refractivity contribution in [2.45, 2.75) is 57.5 Å². The molecule has 3 heterocycles. The molecular weight excluding hydrogens is 440 g/mol. The quantitative estimate of drug-likeness (QED) is 0.379. The largest absolute Gasteiger partial charge is 0.393 e. The van der Waals surface area contributed by atoms with Crippen molar-refractivity contribution in [2.24, 2.45) is 0 Å². The van der Waals surface area contributed by atoms with Crippen molar-refractivity contribution in [1.82, 2.24) is 19.4 Å². The number of nitrogen functional groups attached to an aromatic ring is 1. The van der Waals surface area contributed by atoms with Crippen LogP contribution < -0.4 is 11.1 Å². The van der Waals surface area contributed by atoms with Crippen molar-refractivity contribution < 1.29 is 9.90 Å². The van der Waals surface area contributed by atoms with Crippen molar-refractivity contribution in [3.63, 3.8) is 0 Å². The number of nitrogens with one attached hydrogen (secondary N) is 1. The highest BCUT2D eigenvalue weighted by molar-refractivity contribution is 6.04. The second-order valence-corrected chi connectivity index (χ2v) is 9.19. The molecule has 8 nitrogen and oxygen atoms in total. The number of aliphatic hydroxyl groups excluding tert-OH is 1. The Bertz CT molecular complexity index is 1340. The lowest BCUT2D eigenvalue weighted by molar-refractivity contribution is 0.102. The maximum Gasteiger partial charge on any atom is 0.256 e. The summed E-state index contributed by atoms with van der Waals surface area (Å²) in [5, 5.41) is 12.8. The zero-order valence-corrected chi connectivity index (χ0v) is 19.8. The standard InChI is InChI=1S/C27H30N6O2/c1-2-3-17-12-13-29-22(16-17)31-27(35)20-6-4-18(5-7-20)23-24-25(28)30-14-15-33(24)26(32-23)19-8-10-21(34)11-9-19/h4-7,12-16,19,21,34H,2-3,8-11H2,1H3,(H2,28,30)(H,29,31,35). The molecule has 3 aromatic heterocycles. The van der Waals surface area contributed by atoms with Gasteiger partial charge in [-0.3, -0.25) is 9.20 Å².